The molecule has 0 aromatic carbocycles. The SMILES string of the molecule is CCCCCCCCCCCCCOC(=O)C1CCCCC1C(=O)OCCCCCCCCCC. The lowest BCUT2D eigenvalue weighted by Crippen LogP contribution is -2.35. The molecule has 35 heavy (non-hydrogen) atoms. The summed E-state index contributed by atoms with van der Waals surface area (Å²) in [6.45, 7) is 5.49. The fourth-order valence-corrected chi connectivity index (χ4v) is 5.26. The number of ether oxygens (including phenoxy) is 2. The quantitative estimate of drug-likeness (QED) is 0.105. The second kappa shape index (κ2) is 23.3. The predicted octanol–water partition coefficient (Wildman–Crippen LogP) is 9.33. The Morgan fingerprint density at radius 2 is 0.771 bits per heavy atom. The summed E-state index contributed by atoms with van der Waals surface area (Å²) in [7, 11) is 0. The van der Waals surface area contributed by atoms with Crippen molar-refractivity contribution in [1.82, 2.24) is 0 Å². The van der Waals surface area contributed by atoms with Crippen molar-refractivity contribution in [3.63, 3.8) is 0 Å². The summed E-state index contributed by atoms with van der Waals surface area (Å²) in [5, 5.41) is 0. The zero-order chi connectivity index (χ0) is 25.4. The molecular formula is C31H58O4. The average molecular weight is 495 g/mol. The van der Waals surface area contributed by atoms with Gasteiger partial charge in [0.2, 0.25) is 0 Å². The molecule has 0 heterocycles. The molecule has 0 aliphatic heterocycles. The molecule has 206 valence electrons. The lowest BCUT2D eigenvalue weighted by molar-refractivity contribution is -0.163. The molecule has 0 N–H and O–H groups in total. The average Bonchev–Trinajstić information content (AvgIpc) is 2.88. The Morgan fingerprint density at radius 3 is 1.09 bits per heavy atom. The van der Waals surface area contributed by atoms with E-state index in [2.05, 4.69) is 13.8 Å². The van der Waals surface area contributed by atoms with Crippen LogP contribution in [0.3, 0.4) is 0 Å². The van der Waals surface area contributed by atoms with Crippen LogP contribution in [0.2, 0.25) is 0 Å². The van der Waals surface area contributed by atoms with E-state index in [0.717, 1.165) is 51.4 Å². The van der Waals surface area contributed by atoms with E-state index in [-0.39, 0.29) is 23.8 Å². The Morgan fingerprint density at radius 1 is 0.486 bits per heavy atom. The largest absolute Gasteiger partial charge is 0.465 e. The zero-order valence-corrected chi connectivity index (χ0v) is 23.5. The fraction of sp³-hybridized carbons (Fsp3) is 0.935. The van der Waals surface area contributed by atoms with Gasteiger partial charge >= 0.3 is 11.9 Å². The van der Waals surface area contributed by atoms with Gasteiger partial charge in [0.1, 0.15) is 0 Å². The van der Waals surface area contributed by atoms with Crippen molar-refractivity contribution in [2.24, 2.45) is 11.8 Å². The molecule has 0 radical (unpaired) electrons. The van der Waals surface area contributed by atoms with E-state index in [1.807, 2.05) is 0 Å². The summed E-state index contributed by atoms with van der Waals surface area (Å²) in [6, 6.07) is 0. The lowest BCUT2D eigenvalue weighted by atomic mass is 9.79. The lowest BCUT2D eigenvalue weighted by Gasteiger charge is -2.28. The standard InChI is InChI=1S/C31H58O4/c1-3-5-7-9-11-13-14-15-17-19-23-27-35-31(33)29-25-21-20-24-28(29)30(32)34-26-22-18-16-12-10-8-6-4-2/h28-29H,3-27H2,1-2H3. The van der Waals surface area contributed by atoms with E-state index in [9.17, 15) is 9.59 Å². The van der Waals surface area contributed by atoms with Gasteiger partial charge in [0.15, 0.2) is 0 Å². The van der Waals surface area contributed by atoms with E-state index < -0.39 is 0 Å². The van der Waals surface area contributed by atoms with Crippen LogP contribution in [-0.2, 0) is 19.1 Å². The van der Waals surface area contributed by atoms with Crippen LogP contribution in [0, 0.1) is 11.8 Å². The van der Waals surface area contributed by atoms with E-state index in [4.69, 9.17) is 9.47 Å². The second-order valence-corrected chi connectivity index (χ2v) is 10.8. The maximum atomic E-state index is 12.7. The summed E-state index contributed by atoms with van der Waals surface area (Å²) < 4.78 is 11.2. The smallest absolute Gasteiger partial charge is 0.309 e. The summed E-state index contributed by atoms with van der Waals surface area (Å²) in [5.74, 6) is -0.958. The third kappa shape index (κ3) is 17.1. The topological polar surface area (TPSA) is 52.6 Å². The van der Waals surface area contributed by atoms with Gasteiger partial charge in [-0.15, -0.1) is 0 Å². The molecule has 4 heteroatoms. The monoisotopic (exact) mass is 494 g/mol. The Bertz CT molecular complexity index is 504. The highest BCUT2D eigenvalue weighted by Crippen LogP contribution is 2.32. The molecule has 0 aromatic rings. The first-order valence-electron chi connectivity index (χ1n) is 15.5. The van der Waals surface area contributed by atoms with Crippen LogP contribution in [-0.4, -0.2) is 25.2 Å². The fourth-order valence-electron chi connectivity index (χ4n) is 5.26. The Labute approximate surface area is 217 Å². The molecule has 4 nitrogen and oxygen atoms in total. The number of esters is 2. The molecule has 0 saturated heterocycles. The minimum absolute atomic E-state index is 0.175. The first-order chi connectivity index (χ1) is 17.2. The van der Waals surface area contributed by atoms with Crippen LogP contribution in [0.25, 0.3) is 0 Å². The van der Waals surface area contributed by atoms with Crippen LogP contribution in [0.15, 0.2) is 0 Å². The van der Waals surface area contributed by atoms with Gasteiger partial charge in [-0.3, -0.25) is 9.59 Å². The first-order valence-corrected chi connectivity index (χ1v) is 15.5. The number of carbonyl (C=O) groups is 2. The van der Waals surface area contributed by atoms with Crippen molar-refractivity contribution < 1.29 is 19.1 Å². The van der Waals surface area contributed by atoms with E-state index >= 15 is 0 Å². The van der Waals surface area contributed by atoms with Crippen LogP contribution >= 0.6 is 0 Å². The van der Waals surface area contributed by atoms with Gasteiger partial charge in [0, 0.05) is 0 Å². The highest BCUT2D eigenvalue weighted by Gasteiger charge is 2.37. The highest BCUT2D eigenvalue weighted by molar-refractivity contribution is 5.82. The van der Waals surface area contributed by atoms with Gasteiger partial charge in [-0.2, -0.15) is 0 Å². The minimum atomic E-state index is -0.303. The Hall–Kier alpha value is -1.06. The summed E-state index contributed by atoms with van der Waals surface area (Å²) >= 11 is 0. The maximum Gasteiger partial charge on any atom is 0.309 e. The highest BCUT2D eigenvalue weighted by atomic mass is 16.5. The first kappa shape index (κ1) is 32.0. The normalized spacial score (nSPS) is 17.9. The molecule has 1 aliphatic carbocycles. The molecular weight excluding hydrogens is 436 g/mol. The molecule has 2 atom stereocenters. The van der Waals surface area contributed by atoms with Crippen LogP contribution in [0.4, 0.5) is 0 Å². The van der Waals surface area contributed by atoms with Crippen molar-refractivity contribution in [2.45, 2.75) is 162 Å². The second-order valence-electron chi connectivity index (χ2n) is 10.8. The molecule has 0 spiro atoms. The maximum absolute atomic E-state index is 12.7. The molecule has 2 unspecified atom stereocenters. The number of unbranched alkanes of at least 4 members (excludes halogenated alkanes) is 17. The van der Waals surface area contributed by atoms with Crippen LogP contribution in [0.1, 0.15) is 162 Å². The van der Waals surface area contributed by atoms with Crippen molar-refractivity contribution in [3.05, 3.63) is 0 Å². The van der Waals surface area contributed by atoms with Gasteiger partial charge in [-0.05, 0) is 25.7 Å². The summed E-state index contributed by atoms with van der Waals surface area (Å²) in [5.41, 5.74) is 0. The number of rotatable bonds is 23. The number of carbonyl (C=O) groups excluding carboxylic acids is 2. The molecule has 0 amide bonds. The van der Waals surface area contributed by atoms with Crippen molar-refractivity contribution >= 4 is 11.9 Å². The van der Waals surface area contributed by atoms with Crippen molar-refractivity contribution in [2.75, 3.05) is 13.2 Å². The van der Waals surface area contributed by atoms with Gasteiger partial charge < -0.3 is 9.47 Å². The molecule has 1 fully saturated rings. The van der Waals surface area contributed by atoms with Crippen molar-refractivity contribution in [1.29, 1.82) is 0 Å². The van der Waals surface area contributed by atoms with Crippen molar-refractivity contribution in [3.8, 4) is 0 Å². The molecule has 1 rings (SSSR count). The van der Waals surface area contributed by atoms with Gasteiger partial charge in [-0.1, -0.05) is 136 Å². The van der Waals surface area contributed by atoms with E-state index in [0.29, 0.717) is 13.2 Å². The Kier molecular flexibility index (Phi) is 21.3. The predicted molar refractivity (Wildman–Crippen MR) is 146 cm³/mol. The van der Waals surface area contributed by atoms with Crippen LogP contribution in [0.5, 0.6) is 0 Å². The Balaban J connectivity index is 2.09. The van der Waals surface area contributed by atoms with Gasteiger partial charge in [-0.25, -0.2) is 0 Å². The minimum Gasteiger partial charge on any atom is -0.465 e. The molecule has 1 aliphatic rings. The van der Waals surface area contributed by atoms with Crippen LogP contribution < -0.4 is 0 Å². The van der Waals surface area contributed by atoms with E-state index in [1.54, 1.807) is 0 Å². The summed E-state index contributed by atoms with van der Waals surface area (Å²) in [6.07, 6.45) is 27.4. The van der Waals surface area contributed by atoms with Gasteiger partial charge in [0.25, 0.3) is 0 Å². The van der Waals surface area contributed by atoms with Gasteiger partial charge in [0.05, 0.1) is 25.0 Å². The number of hydrogen-bond acceptors (Lipinski definition) is 4. The van der Waals surface area contributed by atoms with E-state index in [1.165, 1.54) is 96.3 Å². The third-order valence-electron chi connectivity index (χ3n) is 7.61. The third-order valence-corrected chi connectivity index (χ3v) is 7.61. The molecule has 1 saturated carbocycles. The molecule has 0 bridgehead atoms. The zero-order valence-electron chi connectivity index (χ0n) is 23.5. The number of hydrogen-bond donors (Lipinski definition) is 0. The molecule has 0 aromatic heterocycles. The summed E-state index contributed by atoms with van der Waals surface area (Å²) in [4.78, 5) is 25.4.